The van der Waals surface area contributed by atoms with Gasteiger partial charge in [0, 0.05) is 6.54 Å². The molecule has 0 radical (unpaired) electrons. The van der Waals surface area contributed by atoms with E-state index in [1.54, 1.807) is 25.1 Å². The van der Waals surface area contributed by atoms with Crippen LogP contribution in [0.2, 0.25) is 0 Å². The van der Waals surface area contributed by atoms with Gasteiger partial charge in [0.2, 0.25) is 0 Å². The molecule has 0 spiro atoms. The van der Waals surface area contributed by atoms with Crippen LogP contribution in [0.15, 0.2) is 47.1 Å². The first-order chi connectivity index (χ1) is 10.7. The lowest BCUT2D eigenvalue weighted by Crippen LogP contribution is -2.43. The summed E-state index contributed by atoms with van der Waals surface area (Å²) >= 11 is 7.19. The van der Waals surface area contributed by atoms with Crippen LogP contribution >= 0.6 is 24.0 Å². The maximum Gasteiger partial charge on any atom is 0.138 e. The zero-order chi connectivity index (χ0) is 15.4. The number of ether oxygens (including phenoxy) is 1. The Bertz CT molecular complexity index is 614. The fourth-order valence-electron chi connectivity index (χ4n) is 2.36. The summed E-state index contributed by atoms with van der Waals surface area (Å²) in [6, 6.07) is 12.1. The van der Waals surface area contributed by atoms with Crippen LogP contribution < -0.4 is 4.74 Å². The smallest absolute Gasteiger partial charge is 0.138 e. The molecule has 4 nitrogen and oxygen atoms in total. The third-order valence-electron chi connectivity index (χ3n) is 3.49. The Morgan fingerprint density at radius 2 is 2.05 bits per heavy atom. The number of methoxy groups -OCH3 is 1. The number of hydrogen-bond acceptors (Lipinski definition) is 5. The molecule has 2 aromatic rings. The Hall–Kier alpha value is -1.50. The van der Waals surface area contributed by atoms with Gasteiger partial charge in [0.1, 0.15) is 15.8 Å². The number of nitrogens with zero attached hydrogens (tertiary/aromatic N) is 2. The molecule has 1 aliphatic rings. The monoisotopic (exact) mass is 334 g/mol. The van der Waals surface area contributed by atoms with E-state index in [1.807, 2.05) is 24.3 Å². The summed E-state index contributed by atoms with van der Waals surface area (Å²) in [4.78, 5) is 4.54. The van der Waals surface area contributed by atoms with Gasteiger partial charge in [-0.25, -0.2) is 0 Å². The van der Waals surface area contributed by atoms with E-state index >= 15 is 0 Å². The summed E-state index contributed by atoms with van der Waals surface area (Å²) in [6.07, 6.45) is 1.71. The number of hydrogen-bond donors (Lipinski definition) is 0. The normalized spacial score (nSPS) is 16.0. The van der Waals surface area contributed by atoms with Crippen LogP contribution in [0, 0.1) is 0 Å². The molecule has 0 N–H and O–H groups in total. The van der Waals surface area contributed by atoms with E-state index in [4.69, 9.17) is 21.4 Å². The topological polar surface area (TPSA) is 28.9 Å². The summed E-state index contributed by atoms with van der Waals surface area (Å²) in [7, 11) is 1.68. The molecular weight excluding hydrogens is 316 g/mol. The SMILES string of the molecule is COc1ccc(CN2CN(Cc3ccco3)CSC2=S)cc1. The van der Waals surface area contributed by atoms with Crippen LogP contribution in [-0.4, -0.2) is 33.8 Å². The first kappa shape index (κ1) is 15.4. The van der Waals surface area contributed by atoms with Gasteiger partial charge in [0.25, 0.3) is 0 Å². The van der Waals surface area contributed by atoms with Crippen molar-refractivity contribution in [3.05, 3.63) is 54.0 Å². The third-order valence-corrected chi connectivity index (χ3v) is 5.10. The lowest BCUT2D eigenvalue weighted by Gasteiger charge is -2.36. The quantitative estimate of drug-likeness (QED) is 0.777. The Kier molecular flexibility index (Phi) is 5.02. The van der Waals surface area contributed by atoms with Gasteiger partial charge < -0.3 is 14.1 Å². The maximum atomic E-state index is 5.49. The predicted molar refractivity (Wildman–Crippen MR) is 92.7 cm³/mol. The van der Waals surface area contributed by atoms with Gasteiger partial charge >= 0.3 is 0 Å². The average molecular weight is 334 g/mol. The van der Waals surface area contributed by atoms with E-state index in [0.717, 1.165) is 41.5 Å². The summed E-state index contributed by atoms with van der Waals surface area (Å²) in [6.45, 7) is 2.44. The van der Waals surface area contributed by atoms with Crippen molar-refractivity contribution in [2.45, 2.75) is 13.1 Å². The van der Waals surface area contributed by atoms with Gasteiger partial charge in [-0.05, 0) is 29.8 Å². The molecule has 0 unspecified atom stereocenters. The van der Waals surface area contributed by atoms with Crippen molar-refractivity contribution < 1.29 is 9.15 Å². The molecule has 3 rings (SSSR count). The van der Waals surface area contributed by atoms with Crippen molar-refractivity contribution in [3.63, 3.8) is 0 Å². The van der Waals surface area contributed by atoms with Gasteiger partial charge in [-0.2, -0.15) is 0 Å². The largest absolute Gasteiger partial charge is 0.497 e. The van der Waals surface area contributed by atoms with Gasteiger partial charge in [-0.15, -0.1) is 0 Å². The first-order valence-electron chi connectivity index (χ1n) is 7.04. The molecule has 0 aliphatic carbocycles. The number of thiocarbonyl (C=S) groups is 1. The molecule has 0 bridgehead atoms. The molecular formula is C16H18N2O2S2. The molecule has 1 aromatic heterocycles. The summed E-state index contributed by atoms with van der Waals surface area (Å²) in [5.74, 6) is 2.76. The molecule has 1 fully saturated rings. The number of furan rings is 1. The van der Waals surface area contributed by atoms with E-state index in [0.29, 0.717) is 0 Å². The maximum absolute atomic E-state index is 5.49. The van der Waals surface area contributed by atoms with E-state index in [1.165, 1.54) is 5.56 Å². The molecule has 6 heteroatoms. The molecule has 22 heavy (non-hydrogen) atoms. The number of thioether (sulfide) groups is 1. The highest BCUT2D eigenvalue weighted by Gasteiger charge is 2.22. The van der Waals surface area contributed by atoms with Crippen LogP contribution in [0.4, 0.5) is 0 Å². The van der Waals surface area contributed by atoms with Crippen molar-refractivity contribution in [1.82, 2.24) is 9.80 Å². The molecule has 116 valence electrons. The molecule has 0 amide bonds. The van der Waals surface area contributed by atoms with Gasteiger partial charge in [-0.1, -0.05) is 36.1 Å². The lowest BCUT2D eigenvalue weighted by molar-refractivity contribution is 0.189. The van der Waals surface area contributed by atoms with Crippen molar-refractivity contribution in [3.8, 4) is 5.75 Å². The van der Waals surface area contributed by atoms with Crippen molar-refractivity contribution >= 4 is 28.3 Å². The van der Waals surface area contributed by atoms with Gasteiger partial charge in [0.15, 0.2) is 0 Å². The minimum Gasteiger partial charge on any atom is -0.497 e. The van der Waals surface area contributed by atoms with E-state index < -0.39 is 0 Å². The molecule has 2 heterocycles. The Balaban J connectivity index is 1.62. The van der Waals surface area contributed by atoms with Crippen LogP contribution in [0.1, 0.15) is 11.3 Å². The summed E-state index contributed by atoms with van der Waals surface area (Å²) < 4.78 is 11.6. The summed E-state index contributed by atoms with van der Waals surface area (Å²) in [5, 5.41) is 0. The lowest BCUT2D eigenvalue weighted by atomic mass is 10.2. The fraction of sp³-hybridized carbons (Fsp3) is 0.312. The first-order valence-corrected chi connectivity index (χ1v) is 8.43. The minimum atomic E-state index is 0.807. The second-order valence-corrected chi connectivity index (χ2v) is 6.71. The molecule has 0 saturated carbocycles. The predicted octanol–water partition coefficient (Wildman–Crippen LogP) is 3.54. The van der Waals surface area contributed by atoms with Crippen LogP contribution in [0.3, 0.4) is 0 Å². The Morgan fingerprint density at radius 3 is 2.73 bits per heavy atom. The molecule has 1 aromatic carbocycles. The highest BCUT2D eigenvalue weighted by Crippen LogP contribution is 2.23. The zero-order valence-electron chi connectivity index (χ0n) is 12.4. The third kappa shape index (κ3) is 3.82. The van der Waals surface area contributed by atoms with Crippen LogP contribution in [-0.2, 0) is 13.1 Å². The van der Waals surface area contributed by atoms with Crippen LogP contribution in [0.5, 0.6) is 5.75 Å². The van der Waals surface area contributed by atoms with E-state index in [9.17, 15) is 0 Å². The van der Waals surface area contributed by atoms with E-state index in [2.05, 4.69) is 21.9 Å². The second-order valence-electron chi connectivity index (χ2n) is 5.14. The zero-order valence-corrected chi connectivity index (χ0v) is 14.0. The van der Waals surface area contributed by atoms with E-state index in [-0.39, 0.29) is 0 Å². The van der Waals surface area contributed by atoms with Crippen molar-refractivity contribution in [1.29, 1.82) is 0 Å². The van der Waals surface area contributed by atoms with Crippen LogP contribution in [0.25, 0.3) is 0 Å². The fourth-order valence-corrected chi connectivity index (χ4v) is 3.41. The molecule has 1 aliphatic heterocycles. The number of rotatable bonds is 5. The van der Waals surface area contributed by atoms with Crippen molar-refractivity contribution in [2.75, 3.05) is 19.7 Å². The number of benzene rings is 1. The average Bonchev–Trinajstić information content (AvgIpc) is 3.04. The van der Waals surface area contributed by atoms with Gasteiger partial charge in [0.05, 0.1) is 32.5 Å². The standard InChI is InChI=1S/C16H18N2O2S2/c1-19-14-6-4-13(5-7-14)9-18-11-17(12-22-16(18)21)10-15-3-2-8-20-15/h2-8H,9-12H2,1H3. The van der Waals surface area contributed by atoms with Gasteiger partial charge in [-0.3, -0.25) is 4.90 Å². The second kappa shape index (κ2) is 7.17. The molecule has 1 saturated heterocycles. The Labute approximate surface area is 140 Å². The van der Waals surface area contributed by atoms with Crippen molar-refractivity contribution in [2.24, 2.45) is 0 Å². The molecule has 0 atom stereocenters. The highest BCUT2D eigenvalue weighted by molar-refractivity contribution is 8.22. The minimum absolute atomic E-state index is 0.807. The Morgan fingerprint density at radius 1 is 1.23 bits per heavy atom. The highest BCUT2D eigenvalue weighted by atomic mass is 32.2. The summed E-state index contributed by atoms with van der Waals surface area (Å²) in [5.41, 5.74) is 1.23.